The lowest BCUT2D eigenvalue weighted by molar-refractivity contribution is 0.0667. The largest absolute Gasteiger partial charge is 0.505 e. The smallest absolute Gasteiger partial charge is 0.276 e. The van der Waals surface area contributed by atoms with Gasteiger partial charge in [-0.2, -0.15) is 5.26 Å². The number of pyridine rings is 1. The monoisotopic (exact) mass is 259 g/mol. The molecule has 0 aromatic carbocycles. The van der Waals surface area contributed by atoms with Crippen LogP contribution in [0.5, 0.6) is 5.75 Å². The number of nitrogens with zero attached hydrogens (tertiary/aromatic N) is 3. The molecule has 1 saturated carbocycles. The van der Waals surface area contributed by atoms with Crippen molar-refractivity contribution in [3.05, 3.63) is 24.0 Å². The van der Waals surface area contributed by atoms with Gasteiger partial charge < -0.3 is 10.0 Å². The van der Waals surface area contributed by atoms with E-state index in [1.54, 1.807) is 11.0 Å². The molecule has 2 rings (SSSR count). The van der Waals surface area contributed by atoms with Crippen LogP contribution in [0.15, 0.2) is 18.3 Å². The van der Waals surface area contributed by atoms with Crippen molar-refractivity contribution in [3.63, 3.8) is 0 Å². The quantitative estimate of drug-likeness (QED) is 0.876. The highest BCUT2D eigenvalue weighted by molar-refractivity contribution is 5.95. The van der Waals surface area contributed by atoms with Crippen molar-refractivity contribution in [3.8, 4) is 11.8 Å². The Labute approximate surface area is 112 Å². The predicted molar refractivity (Wildman–Crippen MR) is 69.4 cm³/mol. The van der Waals surface area contributed by atoms with E-state index in [1.165, 1.54) is 12.3 Å². The van der Waals surface area contributed by atoms with Crippen LogP contribution in [-0.4, -0.2) is 33.5 Å². The number of rotatable bonds is 5. The first kappa shape index (κ1) is 13.3. The van der Waals surface area contributed by atoms with E-state index in [4.69, 9.17) is 5.26 Å². The predicted octanol–water partition coefficient (Wildman–Crippen LogP) is 1.94. The fraction of sp³-hybridized carbons (Fsp3) is 0.500. The third-order valence-corrected chi connectivity index (χ3v) is 3.51. The molecule has 1 aliphatic rings. The Kier molecular flexibility index (Phi) is 4.00. The molecule has 0 spiro atoms. The molecule has 19 heavy (non-hydrogen) atoms. The van der Waals surface area contributed by atoms with Gasteiger partial charge >= 0.3 is 0 Å². The summed E-state index contributed by atoms with van der Waals surface area (Å²) in [7, 11) is 0. The molecule has 5 heteroatoms. The highest BCUT2D eigenvalue weighted by atomic mass is 16.3. The topological polar surface area (TPSA) is 77.2 Å². The summed E-state index contributed by atoms with van der Waals surface area (Å²) in [5, 5.41) is 18.4. The van der Waals surface area contributed by atoms with Crippen LogP contribution in [0.1, 0.15) is 36.7 Å². The van der Waals surface area contributed by atoms with Gasteiger partial charge in [0.25, 0.3) is 5.91 Å². The summed E-state index contributed by atoms with van der Waals surface area (Å²) in [5.41, 5.74) is 0.0629. The Bertz CT molecular complexity index is 506. The Hall–Kier alpha value is -2.09. The first-order valence-electron chi connectivity index (χ1n) is 6.47. The van der Waals surface area contributed by atoms with Gasteiger partial charge in [0.1, 0.15) is 5.75 Å². The Morgan fingerprint density at radius 3 is 3.00 bits per heavy atom. The van der Waals surface area contributed by atoms with Gasteiger partial charge in [-0.05, 0) is 37.8 Å². The lowest BCUT2D eigenvalue weighted by atomic mass is 10.1. The van der Waals surface area contributed by atoms with E-state index in [2.05, 4.69) is 11.1 Å². The third-order valence-electron chi connectivity index (χ3n) is 3.51. The highest BCUT2D eigenvalue weighted by Crippen LogP contribution is 2.35. The van der Waals surface area contributed by atoms with Gasteiger partial charge in [-0.1, -0.05) is 0 Å². The van der Waals surface area contributed by atoms with Crippen molar-refractivity contribution in [1.29, 1.82) is 5.26 Å². The fourth-order valence-corrected chi connectivity index (χ4v) is 2.19. The van der Waals surface area contributed by atoms with E-state index in [-0.39, 0.29) is 29.8 Å². The van der Waals surface area contributed by atoms with Crippen LogP contribution < -0.4 is 0 Å². The average Bonchev–Trinajstić information content (AvgIpc) is 3.23. The van der Waals surface area contributed by atoms with Crippen LogP contribution in [0.2, 0.25) is 0 Å². The SMILES string of the molecule is C[C@@H](C1CC1)N(CCC#N)C(=O)c1ncccc1O. The molecule has 0 bridgehead atoms. The minimum Gasteiger partial charge on any atom is -0.505 e. The minimum atomic E-state index is -0.298. The molecule has 1 amide bonds. The van der Waals surface area contributed by atoms with Crippen LogP contribution in [0.4, 0.5) is 0 Å². The molecule has 0 radical (unpaired) electrons. The molecule has 5 nitrogen and oxygen atoms in total. The van der Waals surface area contributed by atoms with Gasteiger partial charge in [-0.25, -0.2) is 4.98 Å². The first-order chi connectivity index (χ1) is 9.15. The molecule has 1 aliphatic carbocycles. The van der Waals surface area contributed by atoms with E-state index in [0.29, 0.717) is 12.5 Å². The zero-order valence-corrected chi connectivity index (χ0v) is 10.9. The average molecular weight is 259 g/mol. The molecule has 0 saturated heterocycles. The van der Waals surface area contributed by atoms with Crippen molar-refractivity contribution < 1.29 is 9.90 Å². The van der Waals surface area contributed by atoms with Crippen molar-refractivity contribution in [1.82, 2.24) is 9.88 Å². The summed E-state index contributed by atoms with van der Waals surface area (Å²) in [5.74, 6) is 0.0960. The molecule has 1 aromatic heterocycles. The molecule has 1 N–H and O–H groups in total. The van der Waals surface area contributed by atoms with Crippen LogP contribution in [0, 0.1) is 17.2 Å². The zero-order valence-electron chi connectivity index (χ0n) is 10.9. The summed E-state index contributed by atoms with van der Waals surface area (Å²) in [6, 6.07) is 5.17. The van der Waals surface area contributed by atoms with E-state index in [0.717, 1.165) is 12.8 Å². The normalized spacial score (nSPS) is 15.6. The maximum Gasteiger partial charge on any atom is 0.276 e. The maximum atomic E-state index is 12.4. The van der Waals surface area contributed by atoms with Crippen molar-refractivity contribution in [2.24, 2.45) is 5.92 Å². The lowest BCUT2D eigenvalue weighted by Gasteiger charge is -2.28. The number of hydrogen-bond donors (Lipinski definition) is 1. The molecule has 1 heterocycles. The zero-order chi connectivity index (χ0) is 13.8. The number of carbonyl (C=O) groups is 1. The number of hydrogen-bond acceptors (Lipinski definition) is 4. The standard InChI is InChI=1S/C14H17N3O2/c1-10(11-5-6-11)17(9-3-7-15)14(19)13-12(18)4-2-8-16-13/h2,4,8,10-11,18H,3,5-6,9H2,1H3/t10-/m0/s1. The number of carbonyl (C=O) groups excluding carboxylic acids is 1. The summed E-state index contributed by atoms with van der Waals surface area (Å²) >= 11 is 0. The molecule has 0 aliphatic heterocycles. The molecule has 0 unspecified atom stereocenters. The van der Waals surface area contributed by atoms with Crippen LogP contribution >= 0.6 is 0 Å². The lowest BCUT2D eigenvalue weighted by Crippen LogP contribution is -2.41. The minimum absolute atomic E-state index is 0.0629. The third kappa shape index (κ3) is 3.02. The molecular weight excluding hydrogens is 242 g/mol. The van der Waals surface area contributed by atoms with Crippen LogP contribution in [-0.2, 0) is 0 Å². The van der Waals surface area contributed by atoms with E-state index in [1.807, 2.05) is 6.92 Å². The summed E-state index contributed by atoms with van der Waals surface area (Å²) in [4.78, 5) is 18.0. The molecular formula is C14H17N3O2. The molecule has 1 fully saturated rings. The number of amides is 1. The van der Waals surface area contributed by atoms with Gasteiger partial charge in [0, 0.05) is 18.8 Å². The summed E-state index contributed by atoms with van der Waals surface area (Å²) < 4.78 is 0. The van der Waals surface area contributed by atoms with Crippen LogP contribution in [0.25, 0.3) is 0 Å². The first-order valence-corrected chi connectivity index (χ1v) is 6.47. The number of aromatic hydroxyl groups is 1. The highest BCUT2D eigenvalue weighted by Gasteiger charge is 2.35. The van der Waals surface area contributed by atoms with Crippen molar-refractivity contribution >= 4 is 5.91 Å². The molecule has 1 atom stereocenters. The Balaban J connectivity index is 2.19. The second-order valence-corrected chi connectivity index (χ2v) is 4.86. The van der Waals surface area contributed by atoms with Gasteiger partial charge in [0.15, 0.2) is 5.69 Å². The molecule has 1 aromatic rings. The second-order valence-electron chi connectivity index (χ2n) is 4.86. The van der Waals surface area contributed by atoms with Gasteiger partial charge in [0.2, 0.25) is 0 Å². The van der Waals surface area contributed by atoms with E-state index >= 15 is 0 Å². The summed E-state index contributed by atoms with van der Waals surface area (Å²) in [6.45, 7) is 2.37. The second kappa shape index (κ2) is 5.70. The fourth-order valence-electron chi connectivity index (χ4n) is 2.19. The van der Waals surface area contributed by atoms with Crippen molar-refractivity contribution in [2.75, 3.05) is 6.54 Å². The van der Waals surface area contributed by atoms with Crippen LogP contribution in [0.3, 0.4) is 0 Å². The number of nitriles is 1. The van der Waals surface area contributed by atoms with Gasteiger partial charge in [-0.15, -0.1) is 0 Å². The van der Waals surface area contributed by atoms with Gasteiger partial charge in [-0.3, -0.25) is 4.79 Å². The molecule has 100 valence electrons. The Morgan fingerprint density at radius 2 is 2.42 bits per heavy atom. The Morgan fingerprint density at radius 1 is 1.68 bits per heavy atom. The van der Waals surface area contributed by atoms with E-state index < -0.39 is 0 Å². The maximum absolute atomic E-state index is 12.4. The summed E-state index contributed by atoms with van der Waals surface area (Å²) in [6.07, 6.45) is 4.00. The van der Waals surface area contributed by atoms with Gasteiger partial charge in [0.05, 0.1) is 12.5 Å². The van der Waals surface area contributed by atoms with E-state index in [9.17, 15) is 9.90 Å². The van der Waals surface area contributed by atoms with Crippen molar-refractivity contribution in [2.45, 2.75) is 32.2 Å². The number of aromatic nitrogens is 1.